The van der Waals surface area contributed by atoms with Gasteiger partial charge in [-0.15, -0.1) is 12.4 Å². The van der Waals surface area contributed by atoms with Crippen molar-refractivity contribution in [1.29, 1.82) is 0 Å². The third kappa shape index (κ3) is 2.22. The van der Waals surface area contributed by atoms with E-state index in [2.05, 4.69) is 5.32 Å². The molecule has 70 valence electrons. The van der Waals surface area contributed by atoms with E-state index >= 15 is 0 Å². The fraction of sp³-hybridized carbons (Fsp3) is 0.625. The van der Waals surface area contributed by atoms with Gasteiger partial charge in [0.25, 0.3) is 0 Å². The average Bonchev–Trinajstić information content (AvgIpc) is 1.85. The third-order valence-electron chi connectivity index (χ3n) is 2.06. The standard InChI is InChI=1S/C8H14N2O.ClH/c1-5-3-6(2)10-8(11)7(5)4-9;/h3,5,7H,4,9H2,1-2H3,(H,10,11);1H. The molecule has 0 fully saturated rings. The monoisotopic (exact) mass is 190 g/mol. The first-order chi connectivity index (χ1) is 5.15. The molecule has 0 bridgehead atoms. The molecule has 0 spiro atoms. The largest absolute Gasteiger partial charge is 0.330 e. The first-order valence-electron chi connectivity index (χ1n) is 3.84. The summed E-state index contributed by atoms with van der Waals surface area (Å²) in [6.45, 7) is 4.33. The minimum Gasteiger partial charge on any atom is -0.330 e. The zero-order valence-corrected chi connectivity index (χ0v) is 8.15. The maximum Gasteiger partial charge on any atom is 0.229 e. The molecule has 0 radical (unpaired) electrons. The van der Waals surface area contributed by atoms with Gasteiger partial charge in [-0.1, -0.05) is 13.0 Å². The Labute approximate surface area is 78.8 Å². The van der Waals surface area contributed by atoms with Crippen molar-refractivity contribution in [2.24, 2.45) is 17.6 Å². The number of rotatable bonds is 1. The Bertz CT molecular complexity index is 203. The van der Waals surface area contributed by atoms with Crippen LogP contribution >= 0.6 is 12.4 Å². The minimum absolute atomic E-state index is 0. The van der Waals surface area contributed by atoms with Crippen molar-refractivity contribution in [3.63, 3.8) is 0 Å². The predicted octanol–water partition coefficient (Wildman–Crippen LogP) is 0.653. The average molecular weight is 191 g/mol. The maximum absolute atomic E-state index is 11.2. The third-order valence-corrected chi connectivity index (χ3v) is 2.06. The summed E-state index contributed by atoms with van der Waals surface area (Å²) in [4.78, 5) is 11.2. The molecule has 0 aromatic carbocycles. The second-order valence-electron chi connectivity index (χ2n) is 3.04. The molecule has 0 aromatic rings. The fourth-order valence-electron chi connectivity index (χ4n) is 1.40. The molecule has 0 aliphatic carbocycles. The molecule has 2 unspecified atom stereocenters. The van der Waals surface area contributed by atoms with Gasteiger partial charge in [-0.05, 0) is 12.8 Å². The number of carbonyl (C=O) groups excluding carboxylic acids is 1. The first kappa shape index (κ1) is 11.5. The Hall–Kier alpha value is -0.540. The lowest BCUT2D eigenvalue weighted by atomic mass is 9.90. The number of nitrogens with one attached hydrogen (secondary N) is 1. The molecular formula is C8H15ClN2O. The van der Waals surface area contributed by atoms with Crippen molar-refractivity contribution < 1.29 is 4.79 Å². The van der Waals surface area contributed by atoms with Crippen LogP contribution < -0.4 is 11.1 Å². The quantitative estimate of drug-likeness (QED) is 0.638. The van der Waals surface area contributed by atoms with E-state index in [4.69, 9.17) is 5.73 Å². The van der Waals surface area contributed by atoms with Crippen LogP contribution in [0.4, 0.5) is 0 Å². The van der Waals surface area contributed by atoms with Crippen molar-refractivity contribution in [3.8, 4) is 0 Å². The molecule has 3 nitrogen and oxygen atoms in total. The normalized spacial score (nSPS) is 28.6. The zero-order chi connectivity index (χ0) is 8.43. The number of amides is 1. The van der Waals surface area contributed by atoms with E-state index < -0.39 is 0 Å². The molecule has 1 aliphatic rings. The molecule has 0 aromatic heterocycles. The van der Waals surface area contributed by atoms with E-state index in [9.17, 15) is 4.79 Å². The summed E-state index contributed by atoms with van der Waals surface area (Å²) in [6.07, 6.45) is 2.04. The van der Waals surface area contributed by atoms with Gasteiger partial charge in [0.05, 0.1) is 5.92 Å². The number of carbonyl (C=O) groups is 1. The smallest absolute Gasteiger partial charge is 0.229 e. The van der Waals surface area contributed by atoms with Crippen LogP contribution in [0.1, 0.15) is 13.8 Å². The lowest BCUT2D eigenvalue weighted by Gasteiger charge is -2.24. The van der Waals surface area contributed by atoms with E-state index in [0.29, 0.717) is 6.54 Å². The van der Waals surface area contributed by atoms with Crippen LogP contribution in [0, 0.1) is 11.8 Å². The Kier molecular flexibility index (Phi) is 4.28. The van der Waals surface area contributed by atoms with Gasteiger partial charge < -0.3 is 11.1 Å². The number of nitrogens with two attached hydrogens (primary N) is 1. The summed E-state index contributed by atoms with van der Waals surface area (Å²) in [6, 6.07) is 0. The summed E-state index contributed by atoms with van der Waals surface area (Å²) >= 11 is 0. The van der Waals surface area contributed by atoms with Gasteiger partial charge >= 0.3 is 0 Å². The van der Waals surface area contributed by atoms with Gasteiger partial charge in [0.1, 0.15) is 0 Å². The van der Waals surface area contributed by atoms with Gasteiger partial charge in [-0.25, -0.2) is 0 Å². The van der Waals surface area contributed by atoms with E-state index in [1.54, 1.807) is 0 Å². The topological polar surface area (TPSA) is 55.1 Å². The van der Waals surface area contributed by atoms with Crippen molar-refractivity contribution >= 4 is 18.3 Å². The Morgan fingerprint density at radius 2 is 2.25 bits per heavy atom. The van der Waals surface area contributed by atoms with Gasteiger partial charge in [0.2, 0.25) is 5.91 Å². The van der Waals surface area contributed by atoms with Crippen molar-refractivity contribution in [2.75, 3.05) is 6.54 Å². The molecule has 0 saturated carbocycles. The summed E-state index contributed by atoms with van der Waals surface area (Å²) in [5.74, 6) is 0.285. The molecular weight excluding hydrogens is 176 g/mol. The Balaban J connectivity index is 0.00000121. The fourth-order valence-corrected chi connectivity index (χ4v) is 1.40. The van der Waals surface area contributed by atoms with E-state index in [1.807, 2.05) is 19.9 Å². The van der Waals surface area contributed by atoms with Gasteiger partial charge in [0, 0.05) is 12.2 Å². The van der Waals surface area contributed by atoms with E-state index in [-0.39, 0.29) is 30.2 Å². The summed E-state index contributed by atoms with van der Waals surface area (Å²) < 4.78 is 0. The minimum atomic E-state index is -0.0429. The molecule has 1 heterocycles. The second kappa shape index (κ2) is 4.48. The molecule has 2 atom stereocenters. The highest BCUT2D eigenvalue weighted by Gasteiger charge is 2.25. The summed E-state index contributed by atoms with van der Waals surface area (Å²) in [5, 5.41) is 2.75. The predicted molar refractivity (Wildman–Crippen MR) is 50.9 cm³/mol. The lowest BCUT2D eigenvalue weighted by molar-refractivity contribution is -0.125. The Morgan fingerprint density at radius 1 is 1.67 bits per heavy atom. The molecule has 1 rings (SSSR count). The molecule has 0 saturated heterocycles. The van der Waals surface area contributed by atoms with Crippen LogP contribution in [-0.2, 0) is 4.79 Å². The lowest BCUT2D eigenvalue weighted by Crippen LogP contribution is -2.40. The highest BCUT2D eigenvalue weighted by Crippen LogP contribution is 2.18. The number of hydrogen-bond acceptors (Lipinski definition) is 2. The van der Waals surface area contributed by atoms with Crippen LogP contribution in [0.3, 0.4) is 0 Å². The first-order valence-corrected chi connectivity index (χ1v) is 3.84. The molecule has 3 N–H and O–H groups in total. The summed E-state index contributed by atoms with van der Waals surface area (Å²) in [7, 11) is 0. The van der Waals surface area contributed by atoms with Crippen molar-refractivity contribution in [3.05, 3.63) is 11.8 Å². The van der Waals surface area contributed by atoms with Crippen LogP contribution in [0.5, 0.6) is 0 Å². The van der Waals surface area contributed by atoms with E-state index in [0.717, 1.165) is 5.70 Å². The van der Waals surface area contributed by atoms with Gasteiger partial charge in [0.15, 0.2) is 0 Å². The van der Waals surface area contributed by atoms with Crippen LogP contribution in [0.25, 0.3) is 0 Å². The molecule has 1 amide bonds. The second-order valence-corrected chi connectivity index (χ2v) is 3.04. The highest BCUT2D eigenvalue weighted by molar-refractivity contribution is 5.85. The van der Waals surface area contributed by atoms with Crippen LogP contribution in [0.2, 0.25) is 0 Å². The molecule has 12 heavy (non-hydrogen) atoms. The van der Waals surface area contributed by atoms with Crippen LogP contribution in [0.15, 0.2) is 11.8 Å². The Morgan fingerprint density at radius 3 is 2.67 bits per heavy atom. The van der Waals surface area contributed by atoms with Crippen LogP contribution in [-0.4, -0.2) is 12.5 Å². The van der Waals surface area contributed by atoms with E-state index in [1.165, 1.54) is 0 Å². The summed E-state index contributed by atoms with van der Waals surface area (Å²) in [5.41, 5.74) is 6.38. The van der Waals surface area contributed by atoms with Crippen molar-refractivity contribution in [1.82, 2.24) is 5.32 Å². The van der Waals surface area contributed by atoms with Crippen molar-refractivity contribution in [2.45, 2.75) is 13.8 Å². The zero-order valence-electron chi connectivity index (χ0n) is 7.33. The number of allylic oxidation sites excluding steroid dienone is 2. The van der Waals surface area contributed by atoms with Gasteiger partial charge in [-0.2, -0.15) is 0 Å². The number of halogens is 1. The number of hydrogen-bond donors (Lipinski definition) is 2. The SMILES string of the molecule is CC1=CC(C)C(CN)C(=O)N1.Cl. The molecule has 1 aliphatic heterocycles. The highest BCUT2D eigenvalue weighted by atomic mass is 35.5. The molecule has 4 heteroatoms. The maximum atomic E-state index is 11.2. The van der Waals surface area contributed by atoms with Gasteiger partial charge in [-0.3, -0.25) is 4.79 Å².